The predicted octanol–water partition coefficient (Wildman–Crippen LogP) is 1.73. The van der Waals surface area contributed by atoms with Crippen LogP contribution in [0.5, 0.6) is 0 Å². The molecule has 0 saturated carbocycles. The van der Waals surface area contributed by atoms with Crippen molar-refractivity contribution in [1.29, 1.82) is 0 Å². The third-order valence-corrected chi connectivity index (χ3v) is 4.14. The molecule has 1 N–H and O–H groups in total. The molecule has 2 rings (SSSR count). The molecule has 0 atom stereocenters. The van der Waals surface area contributed by atoms with E-state index in [2.05, 4.69) is 10.2 Å². The molecule has 22 heavy (non-hydrogen) atoms. The van der Waals surface area contributed by atoms with E-state index in [0.29, 0.717) is 18.2 Å². The Kier molecular flexibility index (Phi) is 5.83. The van der Waals surface area contributed by atoms with Crippen LogP contribution in [0.3, 0.4) is 0 Å². The summed E-state index contributed by atoms with van der Waals surface area (Å²) in [4.78, 5) is 25.4. The number of nitrogens with one attached hydrogen (secondary N) is 1. The molecule has 2 aromatic rings. The summed E-state index contributed by atoms with van der Waals surface area (Å²) < 4.78 is 1.56. The first-order valence-electron chi connectivity index (χ1n) is 7.17. The average molecular weight is 320 g/mol. The van der Waals surface area contributed by atoms with Gasteiger partial charge in [-0.2, -0.15) is 0 Å². The molecule has 0 bridgehead atoms. The highest BCUT2D eigenvalue weighted by Gasteiger charge is 2.13. The van der Waals surface area contributed by atoms with Gasteiger partial charge in [0.05, 0.1) is 5.75 Å². The van der Waals surface area contributed by atoms with Crippen LogP contribution in [0.1, 0.15) is 18.9 Å². The Morgan fingerprint density at radius 2 is 2.09 bits per heavy atom. The summed E-state index contributed by atoms with van der Waals surface area (Å²) in [5, 5.41) is 6.96. The minimum absolute atomic E-state index is 0.00681. The normalized spacial score (nSPS) is 10.6. The lowest BCUT2D eigenvalue weighted by atomic mass is 10.2. The summed E-state index contributed by atoms with van der Waals surface area (Å²) in [5.41, 5.74) is 0.862. The number of aromatic nitrogens is 3. The van der Waals surface area contributed by atoms with Crippen LogP contribution in [0, 0.1) is 0 Å². The van der Waals surface area contributed by atoms with Crippen molar-refractivity contribution >= 4 is 17.7 Å². The van der Waals surface area contributed by atoms with E-state index < -0.39 is 0 Å². The largest absolute Gasteiger partial charge is 0.343 e. The lowest BCUT2D eigenvalue weighted by Gasteiger charge is -2.16. The summed E-state index contributed by atoms with van der Waals surface area (Å²) in [6, 6.07) is 9.84. The highest BCUT2D eigenvalue weighted by Crippen LogP contribution is 2.14. The summed E-state index contributed by atoms with van der Waals surface area (Å²) in [7, 11) is 1.78. The summed E-state index contributed by atoms with van der Waals surface area (Å²) in [6.07, 6.45) is 0.842. The maximum Gasteiger partial charge on any atom is 0.343 e. The standard InChI is InChI=1S/C15H20N4O2S/c1-3-9-19-14(21)16-17-15(19)22-11-13(20)18(2)10-12-7-5-4-6-8-12/h4-8H,3,9-11H2,1-2H3,(H,16,21). The zero-order valence-corrected chi connectivity index (χ0v) is 13.6. The van der Waals surface area contributed by atoms with Gasteiger partial charge in [0, 0.05) is 20.1 Å². The van der Waals surface area contributed by atoms with Crippen LogP contribution in [0.2, 0.25) is 0 Å². The van der Waals surface area contributed by atoms with Crippen molar-refractivity contribution in [3.8, 4) is 0 Å². The summed E-state index contributed by atoms with van der Waals surface area (Å²) in [6.45, 7) is 3.17. The van der Waals surface area contributed by atoms with Crippen LogP contribution < -0.4 is 5.69 Å². The Balaban J connectivity index is 1.91. The van der Waals surface area contributed by atoms with E-state index in [1.54, 1.807) is 16.5 Å². The third-order valence-electron chi connectivity index (χ3n) is 3.18. The number of rotatable bonds is 7. The first-order valence-corrected chi connectivity index (χ1v) is 8.16. The van der Waals surface area contributed by atoms with Gasteiger partial charge in [-0.1, -0.05) is 49.0 Å². The molecule has 118 valence electrons. The molecule has 0 aliphatic carbocycles. The third kappa shape index (κ3) is 4.24. The van der Waals surface area contributed by atoms with Crippen molar-refractivity contribution in [3.63, 3.8) is 0 Å². The molecule has 0 aliphatic rings. The van der Waals surface area contributed by atoms with E-state index in [9.17, 15) is 9.59 Å². The monoisotopic (exact) mass is 320 g/mol. The van der Waals surface area contributed by atoms with Crippen LogP contribution in [0.25, 0.3) is 0 Å². The van der Waals surface area contributed by atoms with Crippen molar-refractivity contribution in [3.05, 3.63) is 46.4 Å². The maximum atomic E-state index is 12.2. The second-order valence-electron chi connectivity index (χ2n) is 4.99. The highest BCUT2D eigenvalue weighted by atomic mass is 32.2. The van der Waals surface area contributed by atoms with Gasteiger partial charge >= 0.3 is 5.69 Å². The molecule has 0 fully saturated rings. The molecule has 1 heterocycles. The Labute approximate surface area is 133 Å². The lowest BCUT2D eigenvalue weighted by molar-refractivity contribution is -0.127. The number of H-pyrrole nitrogens is 1. The number of hydrogen-bond donors (Lipinski definition) is 1. The Hall–Kier alpha value is -2.02. The number of hydrogen-bond acceptors (Lipinski definition) is 4. The van der Waals surface area contributed by atoms with Gasteiger partial charge in [0.15, 0.2) is 5.16 Å². The van der Waals surface area contributed by atoms with Crippen molar-refractivity contribution in [1.82, 2.24) is 19.7 Å². The molecule has 1 aromatic heterocycles. The van der Waals surface area contributed by atoms with Gasteiger partial charge < -0.3 is 4.90 Å². The SMILES string of the molecule is CCCn1c(SCC(=O)N(C)Cc2ccccc2)n[nH]c1=O. The van der Waals surface area contributed by atoms with E-state index in [1.165, 1.54) is 11.8 Å². The van der Waals surface area contributed by atoms with Gasteiger partial charge in [0.2, 0.25) is 5.91 Å². The number of carbonyl (C=O) groups is 1. The summed E-state index contributed by atoms with van der Waals surface area (Å²) in [5.74, 6) is 0.268. The van der Waals surface area contributed by atoms with Gasteiger partial charge in [-0.15, -0.1) is 5.10 Å². The number of thioether (sulfide) groups is 1. The second-order valence-corrected chi connectivity index (χ2v) is 5.93. The number of nitrogens with zero attached hydrogens (tertiary/aromatic N) is 3. The fourth-order valence-corrected chi connectivity index (χ4v) is 2.93. The first-order chi connectivity index (χ1) is 10.6. The molecular weight excluding hydrogens is 300 g/mol. The van der Waals surface area contributed by atoms with Gasteiger partial charge in [0.25, 0.3) is 0 Å². The zero-order chi connectivity index (χ0) is 15.9. The van der Waals surface area contributed by atoms with Crippen LogP contribution in [0.15, 0.2) is 40.3 Å². The minimum atomic E-state index is -0.227. The van der Waals surface area contributed by atoms with Crippen LogP contribution in [-0.2, 0) is 17.9 Å². The van der Waals surface area contributed by atoms with Crippen molar-refractivity contribution in [2.75, 3.05) is 12.8 Å². The van der Waals surface area contributed by atoms with Crippen LogP contribution in [0.4, 0.5) is 0 Å². The topological polar surface area (TPSA) is 71.0 Å². The Morgan fingerprint density at radius 1 is 1.36 bits per heavy atom. The molecule has 0 spiro atoms. The first kappa shape index (κ1) is 16.4. The van der Waals surface area contributed by atoms with E-state index in [-0.39, 0.29) is 17.3 Å². The Bertz CT molecular complexity index is 666. The number of benzene rings is 1. The van der Waals surface area contributed by atoms with Crippen LogP contribution in [-0.4, -0.2) is 38.4 Å². The molecule has 0 saturated heterocycles. The predicted molar refractivity (Wildman–Crippen MR) is 86.8 cm³/mol. The molecule has 0 aliphatic heterocycles. The molecule has 6 nitrogen and oxygen atoms in total. The van der Waals surface area contributed by atoms with E-state index in [0.717, 1.165) is 12.0 Å². The fourth-order valence-electron chi connectivity index (χ4n) is 2.02. The van der Waals surface area contributed by atoms with Gasteiger partial charge in [-0.25, -0.2) is 9.89 Å². The highest BCUT2D eigenvalue weighted by molar-refractivity contribution is 7.99. The average Bonchev–Trinajstić information content (AvgIpc) is 2.87. The van der Waals surface area contributed by atoms with E-state index in [1.807, 2.05) is 37.3 Å². The smallest absolute Gasteiger partial charge is 0.341 e. The maximum absolute atomic E-state index is 12.2. The second kappa shape index (κ2) is 7.84. The van der Waals surface area contributed by atoms with Gasteiger partial charge in [-0.05, 0) is 12.0 Å². The lowest BCUT2D eigenvalue weighted by Crippen LogP contribution is -2.28. The number of aromatic amines is 1. The van der Waals surface area contributed by atoms with Crippen molar-refractivity contribution < 1.29 is 4.79 Å². The quantitative estimate of drug-likeness (QED) is 0.789. The molecule has 1 aromatic carbocycles. The van der Waals surface area contributed by atoms with Gasteiger partial charge in [0.1, 0.15) is 0 Å². The number of amides is 1. The molecule has 0 unspecified atom stereocenters. The van der Waals surface area contributed by atoms with E-state index >= 15 is 0 Å². The zero-order valence-electron chi connectivity index (χ0n) is 12.8. The molecule has 0 radical (unpaired) electrons. The fraction of sp³-hybridized carbons (Fsp3) is 0.400. The number of carbonyl (C=O) groups excluding carboxylic acids is 1. The Morgan fingerprint density at radius 3 is 2.77 bits per heavy atom. The van der Waals surface area contributed by atoms with Crippen molar-refractivity contribution in [2.45, 2.75) is 31.6 Å². The summed E-state index contributed by atoms with van der Waals surface area (Å²) >= 11 is 1.28. The van der Waals surface area contributed by atoms with E-state index in [4.69, 9.17) is 0 Å². The van der Waals surface area contributed by atoms with Crippen molar-refractivity contribution in [2.24, 2.45) is 0 Å². The minimum Gasteiger partial charge on any atom is -0.341 e. The molecule has 1 amide bonds. The molecule has 7 heteroatoms. The molecular formula is C15H20N4O2S. The van der Waals surface area contributed by atoms with Gasteiger partial charge in [-0.3, -0.25) is 9.36 Å². The van der Waals surface area contributed by atoms with Crippen LogP contribution >= 0.6 is 11.8 Å².